The third kappa shape index (κ3) is 4.87. The molecule has 0 heterocycles. The summed E-state index contributed by atoms with van der Waals surface area (Å²) in [6, 6.07) is 7.64. The number of carbonyl (C=O) groups is 1. The molecule has 0 aliphatic heterocycles. The van der Waals surface area contributed by atoms with Gasteiger partial charge in [0, 0.05) is 18.0 Å². The second kappa shape index (κ2) is 7.54. The summed E-state index contributed by atoms with van der Waals surface area (Å²) in [4.78, 5) is 11.8. The van der Waals surface area contributed by atoms with Crippen LogP contribution in [0.25, 0.3) is 0 Å². The SMILES string of the molecule is O=C(CCC1CCCCC1)NCc1ccccc1Cl. The Hall–Kier alpha value is -1.02. The highest BCUT2D eigenvalue weighted by atomic mass is 35.5. The first-order valence-corrected chi connectivity index (χ1v) is 7.63. The van der Waals surface area contributed by atoms with E-state index in [1.807, 2.05) is 24.3 Å². The van der Waals surface area contributed by atoms with Gasteiger partial charge in [-0.15, -0.1) is 0 Å². The van der Waals surface area contributed by atoms with E-state index in [0.717, 1.165) is 22.9 Å². The van der Waals surface area contributed by atoms with Crippen molar-refractivity contribution >= 4 is 17.5 Å². The van der Waals surface area contributed by atoms with Gasteiger partial charge in [0.05, 0.1) is 0 Å². The van der Waals surface area contributed by atoms with Gasteiger partial charge in [-0.05, 0) is 24.0 Å². The second-order valence-electron chi connectivity index (χ2n) is 5.41. The normalized spacial score (nSPS) is 16.3. The monoisotopic (exact) mass is 279 g/mol. The first-order chi connectivity index (χ1) is 9.25. The van der Waals surface area contributed by atoms with Gasteiger partial charge in [-0.2, -0.15) is 0 Å². The van der Waals surface area contributed by atoms with Crippen LogP contribution in [0.15, 0.2) is 24.3 Å². The predicted molar refractivity (Wildman–Crippen MR) is 79.1 cm³/mol. The van der Waals surface area contributed by atoms with Gasteiger partial charge in [-0.1, -0.05) is 61.9 Å². The molecular weight excluding hydrogens is 258 g/mol. The standard InChI is InChI=1S/C16H22ClNO/c17-15-9-5-4-8-14(15)12-18-16(19)11-10-13-6-2-1-3-7-13/h4-5,8-9,13H,1-3,6-7,10-12H2,(H,18,19). The molecule has 104 valence electrons. The maximum atomic E-state index is 11.8. The number of benzene rings is 1. The first-order valence-electron chi connectivity index (χ1n) is 7.26. The third-order valence-corrected chi connectivity index (χ3v) is 4.31. The Morgan fingerprint density at radius 2 is 1.95 bits per heavy atom. The number of carbonyl (C=O) groups excluding carboxylic acids is 1. The zero-order valence-corrected chi connectivity index (χ0v) is 12.1. The van der Waals surface area contributed by atoms with Crippen molar-refractivity contribution in [1.29, 1.82) is 0 Å². The Balaban J connectivity index is 1.68. The molecule has 1 saturated carbocycles. The van der Waals surface area contributed by atoms with Crippen LogP contribution in [0.2, 0.25) is 5.02 Å². The summed E-state index contributed by atoms with van der Waals surface area (Å²) in [5, 5.41) is 3.67. The molecule has 1 amide bonds. The minimum atomic E-state index is 0.144. The van der Waals surface area contributed by atoms with Crippen LogP contribution in [-0.4, -0.2) is 5.91 Å². The lowest BCUT2D eigenvalue weighted by molar-refractivity contribution is -0.121. The van der Waals surface area contributed by atoms with Gasteiger partial charge >= 0.3 is 0 Å². The minimum Gasteiger partial charge on any atom is -0.352 e. The molecule has 0 unspecified atom stereocenters. The van der Waals surface area contributed by atoms with Crippen LogP contribution in [0.3, 0.4) is 0 Å². The van der Waals surface area contributed by atoms with E-state index in [1.165, 1.54) is 32.1 Å². The maximum Gasteiger partial charge on any atom is 0.220 e. The van der Waals surface area contributed by atoms with Crippen molar-refractivity contribution in [3.63, 3.8) is 0 Å². The van der Waals surface area contributed by atoms with Crippen LogP contribution in [0, 0.1) is 5.92 Å². The molecule has 0 aromatic heterocycles. The number of amides is 1. The van der Waals surface area contributed by atoms with Crippen LogP contribution in [0.1, 0.15) is 50.5 Å². The minimum absolute atomic E-state index is 0.144. The van der Waals surface area contributed by atoms with E-state index in [-0.39, 0.29) is 5.91 Å². The summed E-state index contributed by atoms with van der Waals surface area (Å²) in [6.07, 6.45) is 8.34. The number of hydrogen-bond donors (Lipinski definition) is 1. The van der Waals surface area contributed by atoms with E-state index in [4.69, 9.17) is 11.6 Å². The molecule has 3 heteroatoms. The van der Waals surface area contributed by atoms with Crippen molar-refractivity contribution < 1.29 is 4.79 Å². The fourth-order valence-electron chi connectivity index (χ4n) is 2.73. The molecule has 1 aromatic carbocycles. The van der Waals surface area contributed by atoms with E-state index in [9.17, 15) is 4.79 Å². The zero-order valence-electron chi connectivity index (χ0n) is 11.3. The highest BCUT2D eigenvalue weighted by Gasteiger charge is 2.14. The van der Waals surface area contributed by atoms with Gasteiger partial charge in [0.25, 0.3) is 0 Å². The van der Waals surface area contributed by atoms with Gasteiger partial charge in [-0.3, -0.25) is 4.79 Å². The smallest absolute Gasteiger partial charge is 0.220 e. The quantitative estimate of drug-likeness (QED) is 0.855. The lowest BCUT2D eigenvalue weighted by Gasteiger charge is -2.21. The Kier molecular flexibility index (Phi) is 5.71. The molecule has 1 aliphatic rings. The summed E-state index contributed by atoms with van der Waals surface area (Å²) >= 11 is 6.06. The average Bonchev–Trinajstić information content (AvgIpc) is 2.45. The number of rotatable bonds is 5. The summed E-state index contributed by atoms with van der Waals surface area (Å²) in [6.45, 7) is 0.531. The average molecular weight is 280 g/mol. The fraction of sp³-hybridized carbons (Fsp3) is 0.562. The van der Waals surface area contributed by atoms with Crippen molar-refractivity contribution in [2.24, 2.45) is 5.92 Å². The Morgan fingerprint density at radius 1 is 1.21 bits per heavy atom. The van der Waals surface area contributed by atoms with E-state index < -0.39 is 0 Å². The molecule has 19 heavy (non-hydrogen) atoms. The molecule has 0 atom stereocenters. The first kappa shape index (κ1) is 14.4. The van der Waals surface area contributed by atoms with Gasteiger partial charge in [-0.25, -0.2) is 0 Å². The summed E-state index contributed by atoms with van der Waals surface area (Å²) in [5.74, 6) is 0.908. The van der Waals surface area contributed by atoms with Gasteiger partial charge in [0.2, 0.25) is 5.91 Å². The molecular formula is C16H22ClNO. The molecule has 0 spiro atoms. The van der Waals surface area contributed by atoms with Crippen molar-refractivity contribution in [2.75, 3.05) is 0 Å². The highest BCUT2D eigenvalue weighted by Crippen LogP contribution is 2.27. The molecule has 0 radical (unpaired) electrons. The molecule has 1 aliphatic carbocycles. The van der Waals surface area contributed by atoms with Gasteiger partial charge in [0.15, 0.2) is 0 Å². The van der Waals surface area contributed by atoms with E-state index in [0.29, 0.717) is 13.0 Å². The van der Waals surface area contributed by atoms with Crippen LogP contribution < -0.4 is 5.32 Å². The molecule has 1 fully saturated rings. The largest absolute Gasteiger partial charge is 0.352 e. The predicted octanol–water partition coefficient (Wildman–Crippen LogP) is 4.32. The van der Waals surface area contributed by atoms with Crippen molar-refractivity contribution in [1.82, 2.24) is 5.32 Å². The summed E-state index contributed by atoms with van der Waals surface area (Å²) < 4.78 is 0. The van der Waals surface area contributed by atoms with Crippen LogP contribution in [0.4, 0.5) is 0 Å². The molecule has 0 bridgehead atoms. The highest BCUT2D eigenvalue weighted by molar-refractivity contribution is 6.31. The Labute approximate surface area is 120 Å². The molecule has 0 saturated heterocycles. The Bertz CT molecular complexity index is 413. The van der Waals surface area contributed by atoms with Crippen molar-refractivity contribution in [3.8, 4) is 0 Å². The fourth-order valence-corrected chi connectivity index (χ4v) is 2.94. The van der Waals surface area contributed by atoms with Crippen LogP contribution >= 0.6 is 11.6 Å². The number of halogens is 1. The van der Waals surface area contributed by atoms with Crippen LogP contribution in [0.5, 0.6) is 0 Å². The molecule has 2 nitrogen and oxygen atoms in total. The van der Waals surface area contributed by atoms with Crippen molar-refractivity contribution in [2.45, 2.75) is 51.5 Å². The summed E-state index contributed by atoms with van der Waals surface area (Å²) in [5.41, 5.74) is 0.982. The Morgan fingerprint density at radius 3 is 2.68 bits per heavy atom. The van der Waals surface area contributed by atoms with Crippen LogP contribution in [-0.2, 0) is 11.3 Å². The van der Waals surface area contributed by atoms with E-state index >= 15 is 0 Å². The molecule has 1 N–H and O–H groups in total. The lowest BCUT2D eigenvalue weighted by Crippen LogP contribution is -2.23. The summed E-state index contributed by atoms with van der Waals surface area (Å²) in [7, 11) is 0. The second-order valence-corrected chi connectivity index (χ2v) is 5.82. The van der Waals surface area contributed by atoms with E-state index in [1.54, 1.807) is 0 Å². The zero-order chi connectivity index (χ0) is 13.5. The van der Waals surface area contributed by atoms with Gasteiger partial charge in [0.1, 0.15) is 0 Å². The van der Waals surface area contributed by atoms with E-state index in [2.05, 4.69) is 5.32 Å². The molecule has 2 rings (SSSR count). The number of nitrogens with one attached hydrogen (secondary N) is 1. The van der Waals surface area contributed by atoms with Gasteiger partial charge < -0.3 is 5.32 Å². The lowest BCUT2D eigenvalue weighted by atomic mass is 9.86. The maximum absolute atomic E-state index is 11.8. The van der Waals surface area contributed by atoms with Crippen molar-refractivity contribution in [3.05, 3.63) is 34.9 Å². The topological polar surface area (TPSA) is 29.1 Å². The number of hydrogen-bond acceptors (Lipinski definition) is 1. The molecule has 1 aromatic rings. The third-order valence-electron chi connectivity index (χ3n) is 3.94.